The first-order valence-corrected chi connectivity index (χ1v) is 9.99. The maximum Gasteiger partial charge on any atom is 0.293 e. The summed E-state index contributed by atoms with van der Waals surface area (Å²) < 4.78 is 5.03. The number of ether oxygens (including phenoxy) is 1. The molecule has 0 radical (unpaired) electrons. The molecule has 2 fully saturated rings. The number of hydrogen-bond donors (Lipinski definition) is 3. The molecule has 7 nitrogen and oxygen atoms in total. The summed E-state index contributed by atoms with van der Waals surface area (Å²) in [6.45, 7) is 5.91. The molecular weight excluding hydrogens is 364 g/mol. The normalized spacial score (nSPS) is 50.3. The van der Waals surface area contributed by atoms with Gasteiger partial charge in [-0.15, -0.1) is 0 Å². The van der Waals surface area contributed by atoms with Gasteiger partial charge in [0.1, 0.15) is 12.2 Å². The molecule has 0 aromatic heterocycles. The summed E-state index contributed by atoms with van der Waals surface area (Å²) >= 11 is 0. The smallest absolute Gasteiger partial charge is 0.293 e. The molecule has 0 heterocycles. The second-order valence-corrected chi connectivity index (χ2v) is 9.78. The lowest BCUT2D eigenvalue weighted by Gasteiger charge is -2.59. The maximum absolute atomic E-state index is 13.3. The minimum absolute atomic E-state index is 0.00791. The zero-order chi connectivity index (χ0) is 20.6. The SMILES string of the molecule is C[C@@H]1C[C@]12C(=O)C1=C(C(=O)[C@@H]2O)[C@@]2(C)CCC[C@](C)(COC=O)[C@@H]2[C@H](O)[C@H]1O. The van der Waals surface area contributed by atoms with Crippen molar-refractivity contribution in [3.8, 4) is 0 Å². The van der Waals surface area contributed by atoms with Gasteiger partial charge in [-0.3, -0.25) is 14.4 Å². The van der Waals surface area contributed by atoms with Crippen molar-refractivity contribution >= 4 is 18.0 Å². The Hall–Kier alpha value is -1.57. The van der Waals surface area contributed by atoms with Crippen LogP contribution in [0.15, 0.2) is 11.1 Å². The highest BCUT2D eigenvalue weighted by molar-refractivity contribution is 6.19. The van der Waals surface area contributed by atoms with Crippen LogP contribution in [0.1, 0.15) is 46.5 Å². The first-order valence-electron chi connectivity index (χ1n) is 9.99. The molecule has 1 spiro atoms. The summed E-state index contributed by atoms with van der Waals surface area (Å²) in [5.41, 5.74) is -2.54. The van der Waals surface area contributed by atoms with Crippen LogP contribution in [0.25, 0.3) is 0 Å². The van der Waals surface area contributed by atoms with E-state index in [2.05, 4.69) is 0 Å². The molecular formula is C21H28O7. The molecule has 2 saturated carbocycles. The number of rotatable bonds is 3. The summed E-state index contributed by atoms with van der Waals surface area (Å²) in [6.07, 6.45) is -1.84. The summed E-state index contributed by atoms with van der Waals surface area (Å²) in [4.78, 5) is 37.4. The lowest BCUT2D eigenvalue weighted by molar-refractivity contribution is -0.164. The van der Waals surface area contributed by atoms with Gasteiger partial charge in [0.05, 0.1) is 18.1 Å². The third-order valence-corrected chi connectivity index (χ3v) is 8.18. The minimum Gasteiger partial charge on any atom is -0.467 e. The Morgan fingerprint density at radius 2 is 1.82 bits per heavy atom. The lowest BCUT2D eigenvalue weighted by atomic mass is 9.46. The van der Waals surface area contributed by atoms with Gasteiger partial charge in [0.15, 0.2) is 11.6 Å². The standard InChI is InChI=1S/C21H28O7/c1-10-7-21(10)17(26)11-12(14(24)18(21)27)20(3)6-4-5-19(2,8-28-9-22)16(20)15(25)13(11)23/h9-10,13,15-16,18,23,25,27H,4-8H2,1-3H3/t10-,13+,15-,16+,18+,19-,20-,21-/m1/s1. The van der Waals surface area contributed by atoms with Crippen LogP contribution in [0.4, 0.5) is 0 Å². The van der Waals surface area contributed by atoms with E-state index in [1.54, 1.807) is 0 Å². The number of Topliss-reactive ketones (excluding diaryl/α,β-unsaturated/α-hetero) is 2. The van der Waals surface area contributed by atoms with Gasteiger partial charge < -0.3 is 20.1 Å². The number of hydrogen-bond acceptors (Lipinski definition) is 7. The van der Waals surface area contributed by atoms with Crippen molar-refractivity contribution in [1.82, 2.24) is 0 Å². The molecule has 28 heavy (non-hydrogen) atoms. The summed E-state index contributed by atoms with van der Waals surface area (Å²) in [5.74, 6) is -1.62. The fourth-order valence-electron chi connectivity index (χ4n) is 6.76. The zero-order valence-electron chi connectivity index (χ0n) is 16.5. The highest BCUT2D eigenvalue weighted by Crippen LogP contribution is 2.66. The Kier molecular flexibility index (Phi) is 4.21. The Bertz CT molecular complexity index is 788. The van der Waals surface area contributed by atoms with E-state index in [4.69, 9.17) is 4.74 Å². The van der Waals surface area contributed by atoms with Crippen LogP contribution in [0, 0.1) is 28.1 Å². The fourth-order valence-corrected chi connectivity index (χ4v) is 6.76. The van der Waals surface area contributed by atoms with E-state index in [0.29, 0.717) is 32.2 Å². The van der Waals surface area contributed by atoms with Gasteiger partial charge in [-0.2, -0.15) is 0 Å². The zero-order valence-corrected chi connectivity index (χ0v) is 16.5. The van der Waals surface area contributed by atoms with Crippen molar-refractivity contribution in [1.29, 1.82) is 0 Å². The molecule has 4 rings (SSSR count). The minimum atomic E-state index is -1.49. The third kappa shape index (κ3) is 2.18. The average Bonchev–Trinajstić information content (AvgIpc) is 3.31. The van der Waals surface area contributed by atoms with Gasteiger partial charge in [-0.05, 0) is 25.2 Å². The Morgan fingerprint density at radius 1 is 1.18 bits per heavy atom. The molecule has 0 bridgehead atoms. The predicted octanol–water partition coefficient (Wildman–Crippen LogP) is 0.543. The molecule has 0 saturated heterocycles. The van der Waals surface area contributed by atoms with E-state index >= 15 is 0 Å². The molecule has 154 valence electrons. The Labute approximate surface area is 163 Å². The molecule has 0 aliphatic heterocycles. The van der Waals surface area contributed by atoms with Gasteiger partial charge in [-0.1, -0.05) is 27.2 Å². The lowest BCUT2D eigenvalue weighted by Crippen LogP contribution is -2.63. The van der Waals surface area contributed by atoms with Crippen molar-refractivity contribution in [3.63, 3.8) is 0 Å². The number of aliphatic hydroxyl groups excluding tert-OH is 3. The van der Waals surface area contributed by atoms with Crippen LogP contribution >= 0.6 is 0 Å². The molecule has 0 aromatic rings. The van der Waals surface area contributed by atoms with Crippen molar-refractivity contribution in [2.45, 2.75) is 64.8 Å². The van der Waals surface area contributed by atoms with Gasteiger partial charge >= 0.3 is 0 Å². The number of fused-ring (bicyclic) bond motifs is 2. The van der Waals surface area contributed by atoms with Crippen molar-refractivity contribution in [2.24, 2.45) is 28.1 Å². The van der Waals surface area contributed by atoms with Crippen molar-refractivity contribution in [2.75, 3.05) is 6.61 Å². The maximum atomic E-state index is 13.3. The van der Waals surface area contributed by atoms with Crippen LogP contribution in [-0.4, -0.2) is 58.3 Å². The fraction of sp³-hybridized carbons (Fsp3) is 0.762. The van der Waals surface area contributed by atoms with E-state index < -0.39 is 52.0 Å². The van der Waals surface area contributed by atoms with E-state index in [1.165, 1.54) is 0 Å². The van der Waals surface area contributed by atoms with Crippen LogP contribution in [0.2, 0.25) is 0 Å². The highest BCUT2D eigenvalue weighted by Gasteiger charge is 2.71. The van der Waals surface area contributed by atoms with Crippen LogP contribution in [0.5, 0.6) is 0 Å². The monoisotopic (exact) mass is 392 g/mol. The molecule has 0 unspecified atom stereocenters. The second-order valence-electron chi connectivity index (χ2n) is 9.78. The number of aliphatic hydroxyl groups is 3. The molecule has 4 aliphatic rings. The number of carbonyl (C=O) groups excluding carboxylic acids is 3. The highest BCUT2D eigenvalue weighted by atomic mass is 16.5. The second kappa shape index (κ2) is 5.97. The predicted molar refractivity (Wildman–Crippen MR) is 96.8 cm³/mol. The van der Waals surface area contributed by atoms with Gasteiger partial charge in [0, 0.05) is 27.9 Å². The van der Waals surface area contributed by atoms with Crippen LogP contribution in [0.3, 0.4) is 0 Å². The van der Waals surface area contributed by atoms with Crippen LogP contribution in [-0.2, 0) is 19.1 Å². The Balaban J connectivity index is 1.89. The molecule has 0 amide bonds. The number of ketones is 2. The largest absolute Gasteiger partial charge is 0.467 e. The van der Waals surface area contributed by atoms with E-state index in [-0.39, 0.29) is 23.7 Å². The van der Waals surface area contributed by atoms with Gasteiger partial charge in [0.2, 0.25) is 0 Å². The number of carbonyl (C=O) groups is 3. The summed E-state index contributed by atoms with van der Waals surface area (Å²) in [7, 11) is 0. The quantitative estimate of drug-likeness (QED) is 0.600. The van der Waals surface area contributed by atoms with Gasteiger partial charge in [-0.25, -0.2) is 0 Å². The molecule has 3 N–H and O–H groups in total. The topological polar surface area (TPSA) is 121 Å². The average molecular weight is 392 g/mol. The molecule has 8 atom stereocenters. The molecule has 4 aliphatic carbocycles. The molecule has 7 heteroatoms. The summed E-state index contributed by atoms with van der Waals surface area (Å²) in [6, 6.07) is 0. The molecule has 0 aromatic carbocycles. The Morgan fingerprint density at radius 3 is 2.39 bits per heavy atom. The first kappa shape index (κ1) is 19.7. The van der Waals surface area contributed by atoms with Crippen LogP contribution < -0.4 is 0 Å². The summed E-state index contributed by atoms with van der Waals surface area (Å²) in [5, 5.41) is 32.8. The first-order chi connectivity index (χ1) is 13.1. The van der Waals surface area contributed by atoms with E-state index in [1.807, 2.05) is 20.8 Å². The van der Waals surface area contributed by atoms with E-state index in [9.17, 15) is 29.7 Å². The van der Waals surface area contributed by atoms with Crippen molar-refractivity contribution in [3.05, 3.63) is 11.1 Å². The van der Waals surface area contributed by atoms with Gasteiger partial charge in [0.25, 0.3) is 6.47 Å². The third-order valence-electron chi connectivity index (χ3n) is 8.18. The van der Waals surface area contributed by atoms with E-state index in [0.717, 1.165) is 0 Å². The van der Waals surface area contributed by atoms with Crippen molar-refractivity contribution < 1.29 is 34.4 Å².